The third kappa shape index (κ3) is 4.58. The van der Waals surface area contributed by atoms with Crippen LogP contribution in [0.1, 0.15) is 49.0 Å². The molecule has 0 aliphatic rings. The molecular weight excluding hydrogens is 350 g/mol. The number of nitrogens with one attached hydrogen (secondary N) is 1. The average molecular weight is 375 g/mol. The number of unbranched alkanes of at least 4 members (excludes halogenated alkanes) is 2. The van der Waals surface area contributed by atoms with Gasteiger partial charge in [0.05, 0.1) is 12.3 Å². The number of hydrogen-bond acceptors (Lipinski definition) is 3. The van der Waals surface area contributed by atoms with Crippen molar-refractivity contribution in [3.63, 3.8) is 0 Å². The molecule has 0 unspecified atom stereocenters. The summed E-state index contributed by atoms with van der Waals surface area (Å²) in [7, 11) is 0. The maximum atomic E-state index is 13.2. The van der Waals surface area contributed by atoms with E-state index in [-0.39, 0.29) is 11.7 Å². The number of benzene rings is 3. The van der Waals surface area contributed by atoms with E-state index in [9.17, 15) is 9.59 Å². The second-order valence-electron chi connectivity index (χ2n) is 6.80. The molecule has 0 spiro atoms. The lowest BCUT2D eigenvalue weighted by Gasteiger charge is -2.14. The van der Waals surface area contributed by atoms with Crippen molar-refractivity contribution in [3.8, 4) is 5.75 Å². The predicted molar refractivity (Wildman–Crippen MR) is 113 cm³/mol. The van der Waals surface area contributed by atoms with Crippen molar-refractivity contribution < 1.29 is 14.3 Å². The second-order valence-corrected chi connectivity index (χ2v) is 6.80. The highest BCUT2D eigenvalue weighted by Crippen LogP contribution is 2.29. The van der Waals surface area contributed by atoms with Gasteiger partial charge in [0.25, 0.3) is 0 Å². The van der Waals surface area contributed by atoms with Gasteiger partial charge in [0.2, 0.25) is 5.91 Å². The maximum Gasteiger partial charge on any atom is 0.221 e. The normalized spacial score (nSPS) is 10.6. The number of ketones is 1. The molecule has 0 fully saturated rings. The summed E-state index contributed by atoms with van der Waals surface area (Å²) in [5.74, 6) is 0.301. The van der Waals surface area contributed by atoms with Crippen molar-refractivity contribution in [2.45, 2.75) is 33.1 Å². The van der Waals surface area contributed by atoms with Crippen LogP contribution in [0.2, 0.25) is 0 Å². The molecule has 1 N–H and O–H groups in total. The lowest BCUT2D eigenvalue weighted by atomic mass is 9.97. The number of carbonyl (C=O) groups excluding carboxylic acids is 2. The van der Waals surface area contributed by atoms with Gasteiger partial charge in [0.15, 0.2) is 5.78 Å². The van der Waals surface area contributed by atoms with Crippen molar-refractivity contribution in [1.29, 1.82) is 0 Å². The fourth-order valence-corrected chi connectivity index (χ4v) is 3.20. The Morgan fingerprint density at radius 2 is 1.75 bits per heavy atom. The fraction of sp³-hybridized carbons (Fsp3) is 0.250. The van der Waals surface area contributed by atoms with E-state index >= 15 is 0 Å². The first-order valence-corrected chi connectivity index (χ1v) is 9.67. The van der Waals surface area contributed by atoms with Gasteiger partial charge in [-0.05, 0) is 35.4 Å². The molecule has 0 heterocycles. The van der Waals surface area contributed by atoms with Gasteiger partial charge in [-0.3, -0.25) is 9.59 Å². The molecule has 1 amide bonds. The molecule has 28 heavy (non-hydrogen) atoms. The van der Waals surface area contributed by atoms with E-state index in [0.29, 0.717) is 29.2 Å². The van der Waals surface area contributed by atoms with Gasteiger partial charge in [0, 0.05) is 18.1 Å². The number of rotatable bonds is 8. The standard InChI is InChI=1S/C24H25NO3/c1-3-4-7-15-28-23-14-13-19(16-22(23)25-17(2)26)24(27)21-12-8-10-18-9-5-6-11-20(18)21/h5-6,8-14,16H,3-4,7,15H2,1-2H3,(H,25,26). The topological polar surface area (TPSA) is 55.4 Å². The maximum absolute atomic E-state index is 13.2. The molecule has 4 heteroatoms. The number of amides is 1. The molecule has 0 aliphatic heterocycles. The van der Waals surface area contributed by atoms with Crippen molar-refractivity contribution in [1.82, 2.24) is 0 Å². The van der Waals surface area contributed by atoms with Gasteiger partial charge < -0.3 is 10.1 Å². The molecule has 0 atom stereocenters. The SMILES string of the molecule is CCCCCOc1ccc(C(=O)c2cccc3ccccc23)cc1NC(C)=O. The summed E-state index contributed by atoms with van der Waals surface area (Å²) in [6, 6.07) is 18.7. The van der Waals surface area contributed by atoms with Crippen LogP contribution in [0.25, 0.3) is 10.8 Å². The molecule has 0 radical (unpaired) electrons. The lowest BCUT2D eigenvalue weighted by molar-refractivity contribution is -0.114. The molecule has 0 saturated heterocycles. The molecule has 3 rings (SSSR count). The smallest absolute Gasteiger partial charge is 0.221 e. The number of hydrogen-bond donors (Lipinski definition) is 1. The minimum absolute atomic E-state index is 0.0825. The summed E-state index contributed by atoms with van der Waals surface area (Å²) in [5, 5.41) is 4.71. The van der Waals surface area contributed by atoms with Crippen LogP contribution in [0.4, 0.5) is 5.69 Å². The van der Waals surface area contributed by atoms with Crippen LogP contribution in [-0.4, -0.2) is 18.3 Å². The molecule has 3 aromatic rings. The van der Waals surface area contributed by atoms with Gasteiger partial charge in [-0.2, -0.15) is 0 Å². The van der Waals surface area contributed by atoms with E-state index in [0.717, 1.165) is 30.0 Å². The number of anilines is 1. The highest BCUT2D eigenvalue weighted by atomic mass is 16.5. The van der Waals surface area contributed by atoms with E-state index in [2.05, 4.69) is 12.2 Å². The first-order valence-electron chi connectivity index (χ1n) is 9.67. The van der Waals surface area contributed by atoms with Gasteiger partial charge in [-0.15, -0.1) is 0 Å². The Hall–Kier alpha value is -3.14. The highest BCUT2D eigenvalue weighted by Gasteiger charge is 2.15. The van der Waals surface area contributed by atoms with Crippen LogP contribution < -0.4 is 10.1 Å². The Morgan fingerprint density at radius 1 is 0.964 bits per heavy atom. The van der Waals surface area contributed by atoms with Gasteiger partial charge in [-0.25, -0.2) is 0 Å². The van der Waals surface area contributed by atoms with Crippen LogP contribution in [0.3, 0.4) is 0 Å². The number of fused-ring (bicyclic) bond motifs is 1. The van der Waals surface area contributed by atoms with Gasteiger partial charge in [-0.1, -0.05) is 62.2 Å². The molecule has 0 aliphatic carbocycles. The zero-order chi connectivity index (χ0) is 19.9. The highest BCUT2D eigenvalue weighted by molar-refractivity contribution is 6.17. The van der Waals surface area contributed by atoms with E-state index in [1.54, 1.807) is 18.2 Å². The monoisotopic (exact) mass is 375 g/mol. The molecule has 0 bridgehead atoms. The van der Waals surface area contributed by atoms with Crippen LogP contribution in [0.15, 0.2) is 60.7 Å². The zero-order valence-electron chi connectivity index (χ0n) is 16.3. The largest absolute Gasteiger partial charge is 0.491 e. The Balaban J connectivity index is 1.92. The van der Waals surface area contributed by atoms with E-state index in [1.165, 1.54) is 6.92 Å². The third-order valence-electron chi connectivity index (χ3n) is 4.59. The summed E-state index contributed by atoms with van der Waals surface area (Å²) >= 11 is 0. The first-order chi connectivity index (χ1) is 13.6. The van der Waals surface area contributed by atoms with Crippen molar-refractivity contribution in [2.75, 3.05) is 11.9 Å². The number of carbonyl (C=O) groups is 2. The molecule has 144 valence electrons. The quantitative estimate of drug-likeness (QED) is 0.412. The molecule has 0 saturated carbocycles. The third-order valence-corrected chi connectivity index (χ3v) is 4.59. The number of ether oxygens (including phenoxy) is 1. The minimum atomic E-state index is -0.201. The van der Waals surface area contributed by atoms with Crippen LogP contribution in [-0.2, 0) is 4.79 Å². The van der Waals surface area contributed by atoms with Crippen LogP contribution >= 0.6 is 0 Å². The Morgan fingerprint density at radius 3 is 2.54 bits per heavy atom. The van der Waals surface area contributed by atoms with Crippen LogP contribution in [0, 0.1) is 0 Å². The van der Waals surface area contributed by atoms with E-state index in [4.69, 9.17) is 4.74 Å². The van der Waals surface area contributed by atoms with Gasteiger partial charge in [0.1, 0.15) is 5.75 Å². The minimum Gasteiger partial charge on any atom is -0.491 e. The summed E-state index contributed by atoms with van der Waals surface area (Å²) in [6.45, 7) is 4.16. The molecular formula is C24H25NO3. The summed E-state index contributed by atoms with van der Waals surface area (Å²) in [4.78, 5) is 24.8. The van der Waals surface area contributed by atoms with Gasteiger partial charge >= 0.3 is 0 Å². The first kappa shape index (κ1) is 19.6. The van der Waals surface area contributed by atoms with Crippen molar-refractivity contribution >= 4 is 28.2 Å². The van der Waals surface area contributed by atoms with Crippen LogP contribution in [0.5, 0.6) is 5.75 Å². The summed E-state index contributed by atoms with van der Waals surface area (Å²) in [6.07, 6.45) is 3.15. The fourth-order valence-electron chi connectivity index (χ4n) is 3.20. The van der Waals surface area contributed by atoms with Crippen molar-refractivity contribution in [3.05, 3.63) is 71.8 Å². The molecule has 3 aromatic carbocycles. The Labute approximate surface area is 165 Å². The zero-order valence-corrected chi connectivity index (χ0v) is 16.3. The van der Waals surface area contributed by atoms with Crippen molar-refractivity contribution in [2.24, 2.45) is 0 Å². The Kier molecular flexibility index (Phi) is 6.43. The van der Waals surface area contributed by atoms with E-state index in [1.807, 2.05) is 42.5 Å². The second kappa shape index (κ2) is 9.18. The van der Waals surface area contributed by atoms with E-state index < -0.39 is 0 Å². The predicted octanol–water partition coefficient (Wildman–Crippen LogP) is 5.60. The molecule has 0 aromatic heterocycles. The summed E-state index contributed by atoms with van der Waals surface area (Å²) in [5.41, 5.74) is 1.68. The lowest BCUT2D eigenvalue weighted by Crippen LogP contribution is -2.10. The molecule has 4 nitrogen and oxygen atoms in total. The average Bonchev–Trinajstić information content (AvgIpc) is 2.70. The Bertz CT molecular complexity index is 989. The summed E-state index contributed by atoms with van der Waals surface area (Å²) < 4.78 is 5.82.